The van der Waals surface area contributed by atoms with Gasteiger partial charge in [-0.05, 0) is 37.5 Å². The van der Waals surface area contributed by atoms with Crippen LogP contribution in [0, 0.1) is 13.8 Å². The van der Waals surface area contributed by atoms with E-state index in [0.717, 1.165) is 22.4 Å². The summed E-state index contributed by atoms with van der Waals surface area (Å²) in [6, 6.07) is 15.0. The van der Waals surface area contributed by atoms with Gasteiger partial charge in [0, 0.05) is 12.1 Å². The van der Waals surface area contributed by atoms with Crippen LogP contribution in [-0.4, -0.2) is 24.4 Å². The van der Waals surface area contributed by atoms with Gasteiger partial charge in [0.2, 0.25) is 5.91 Å². The van der Waals surface area contributed by atoms with Gasteiger partial charge in [-0.25, -0.2) is 0 Å². The number of carbonyl (C=O) groups excluding carboxylic acids is 3. The number of para-hydroxylation sites is 1. The number of anilines is 1. The number of benzene rings is 2. The molecular weight excluding hydrogens is 356 g/mol. The fourth-order valence-electron chi connectivity index (χ4n) is 2.76. The molecule has 0 saturated carbocycles. The van der Waals surface area contributed by atoms with Gasteiger partial charge in [-0.15, -0.1) is 0 Å². The van der Waals surface area contributed by atoms with Crippen molar-refractivity contribution in [3.05, 3.63) is 65.2 Å². The second-order valence-electron chi connectivity index (χ2n) is 6.68. The van der Waals surface area contributed by atoms with Crippen LogP contribution < -0.4 is 10.6 Å². The maximum absolute atomic E-state index is 12.1. The van der Waals surface area contributed by atoms with Gasteiger partial charge < -0.3 is 15.4 Å². The van der Waals surface area contributed by atoms with Gasteiger partial charge in [-0.3, -0.25) is 14.4 Å². The number of nitrogens with one attached hydrogen (secondary N) is 2. The molecule has 0 aliphatic rings. The summed E-state index contributed by atoms with van der Waals surface area (Å²) in [6.45, 7) is 5.30. The molecule has 0 fully saturated rings. The number of hydrogen-bond acceptors (Lipinski definition) is 4. The highest BCUT2D eigenvalue weighted by Gasteiger charge is 2.14. The Kier molecular flexibility index (Phi) is 7.75. The molecule has 1 atom stereocenters. The van der Waals surface area contributed by atoms with Crippen LogP contribution in [0.4, 0.5) is 5.69 Å². The van der Waals surface area contributed by atoms with Crippen molar-refractivity contribution in [1.82, 2.24) is 5.32 Å². The lowest BCUT2D eigenvalue weighted by molar-refractivity contribution is -0.149. The molecule has 0 aromatic heterocycles. The summed E-state index contributed by atoms with van der Waals surface area (Å²) in [4.78, 5) is 35.8. The maximum atomic E-state index is 12.1. The van der Waals surface area contributed by atoms with E-state index in [-0.39, 0.29) is 37.3 Å². The van der Waals surface area contributed by atoms with Crippen molar-refractivity contribution in [1.29, 1.82) is 0 Å². The number of rotatable bonds is 8. The zero-order valence-electron chi connectivity index (χ0n) is 16.5. The molecule has 0 spiro atoms. The molecule has 0 aliphatic carbocycles. The summed E-state index contributed by atoms with van der Waals surface area (Å²) in [6.07, 6.45) is -0.0904. The Labute approximate surface area is 165 Å². The number of esters is 1. The van der Waals surface area contributed by atoms with E-state index in [1.807, 2.05) is 69.3 Å². The van der Waals surface area contributed by atoms with Crippen molar-refractivity contribution in [2.45, 2.75) is 39.7 Å². The van der Waals surface area contributed by atoms with E-state index in [2.05, 4.69) is 10.6 Å². The summed E-state index contributed by atoms with van der Waals surface area (Å²) in [5, 5.41) is 5.58. The Morgan fingerprint density at radius 1 is 0.893 bits per heavy atom. The number of ether oxygens (including phenoxy) is 1. The average molecular weight is 382 g/mol. The summed E-state index contributed by atoms with van der Waals surface area (Å²) in [7, 11) is 0. The van der Waals surface area contributed by atoms with Crippen molar-refractivity contribution in [3.63, 3.8) is 0 Å². The Balaban J connectivity index is 1.70. The van der Waals surface area contributed by atoms with Gasteiger partial charge in [0.1, 0.15) is 0 Å². The molecule has 0 bridgehead atoms. The van der Waals surface area contributed by atoms with Crippen molar-refractivity contribution >= 4 is 23.5 Å². The Bertz CT molecular complexity index is 813. The highest BCUT2D eigenvalue weighted by molar-refractivity contribution is 5.94. The largest absolute Gasteiger partial charge is 0.456 e. The molecular formula is C22H26N2O4. The summed E-state index contributed by atoms with van der Waals surface area (Å²) >= 11 is 0. The first kappa shape index (κ1) is 21.2. The predicted molar refractivity (Wildman–Crippen MR) is 108 cm³/mol. The third-order valence-electron chi connectivity index (χ3n) is 4.34. The third kappa shape index (κ3) is 6.54. The van der Waals surface area contributed by atoms with Gasteiger partial charge >= 0.3 is 5.97 Å². The van der Waals surface area contributed by atoms with E-state index in [0.29, 0.717) is 0 Å². The molecule has 2 N–H and O–H groups in total. The van der Waals surface area contributed by atoms with E-state index in [1.54, 1.807) is 0 Å². The van der Waals surface area contributed by atoms with Crippen LogP contribution in [0.2, 0.25) is 0 Å². The third-order valence-corrected chi connectivity index (χ3v) is 4.34. The highest BCUT2D eigenvalue weighted by atomic mass is 16.5. The maximum Gasteiger partial charge on any atom is 0.306 e. The lowest BCUT2D eigenvalue weighted by Crippen LogP contribution is -2.31. The fraction of sp³-hybridized carbons (Fsp3) is 0.318. The average Bonchev–Trinajstić information content (AvgIpc) is 2.68. The molecule has 0 heterocycles. The minimum atomic E-state index is -0.584. The molecule has 2 rings (SSSR count). The number of carbonyl (C=O) groups is 3. The van der Waals surface area contributed by atoms with E-state index < -0.39 is 5.97 Å². The molecule has 0 saturated heterocycles. The van der Waals surface area contributed by atoms with Crippen molar-refractivity contribution in [3.8, 4) is 0 Å². The van der Waals surface area contributed by atoms with Crippen LogP contribution in [-0.2, 0) is 19.1 Å². The lowest BCUT2D eigenvalue weighted by atomic mass is 10.1. The topological polar surface area (TPSA) is 84.5 Å². The first-order valence-electron chi connectivity index (χ1n) is 9.23. The van der Waals surface area contributed by atoms with E-state index >= 15 is 0 Å². The molecule has 6 nitrogen and oxygen atoms in total. The molecule has 2 aromatic carbocycles. The summed E-state index contributed by atoms with van der Waals surface area (Å²) in [5.74, 6) is -1.24. The minimum absolute atomic E-state index is 0.00531. The quantitative estimate of drug-likeness (QED) is 0.685. The van der Waals surface area contributed by atoms with E-state index in [9.17, 15) is 14.4 Å². The zero-order chi connectivity index (χ0) is 20.5. The monoisotopic (exact) mass is 382 g/mol. The van der Waals surface area contributed by atoms with Crippen molar-refractivity contribution in [2.75, 3.05) is 11.9 Å². The lowest BCUT2D eigenvalue weighted by Gasteiger charge is -2.14. The number of aryl methyl sites for hydroxylation is 2. The predicted octanol–water partition coefficient (Wildman–Crippen LogP) is 3.44. The fourth-order valence-corrected chi connectivity index (χ4v) is 2.76. The van der Waals surface area contributed by atoms with Crippen LogP contribution in [0.5, 0.6) is 0 Å². The van der Waals surface area contributed by atoms with E-state index in [1.165, 1.54) is 0 Å². The molecule has 2 aromatic rings. The van der Waals surface area contributed by atoms with Gasteiger partial charge in [0.15, 0.2) is 6.61 Å². The van der Waals surface area contributed by atoms with Gasteiger partial charge in [0.05, 0.1) is 12.5 Å². The molecule has 148 valence electrons. The van der Waals surface area contributed by atoms with Crippen LogP contribution >= 0.6 is 0 Å². The second-order valence-corrected chi connectivity index (χ2v) is 6.68. The molecule has 28 heavy (non-hydrogen) atoms. The second kappa shape index (κ2) is 10.3. The molecule has 0 aliphatic heterocycles. The molecule has 6 heteroatoms. The van der Waals surface area contributed by atoms with Gasteiger partial charge in [-0.2, -0.15) is 0 Å². The van der Waals surface area contributed by atoms with E-state index in [4.69, 9.17) is 4.74 Å². The summed E-state index contributed by atoms with van der Waals surface area (Å²) < 4.78 is 4.96. The van der Waals surface area contributed by atoms with Crippen LogP contribution in [0.25, 0.3) is 0 Å². The van der Waals surface area contributed by atoms with Crippen LogP contribution in [0.3, 0.4) is 0 Å². The Morgan fingerprint density at radius 2 is 1.54 bits per heavy atom. The molecule has 0 unspecified atom stereocenters. The normalized spacial score (nSPS) is 11.4. The first-order chi connectivity index (χ1) is 13.4. The van der Waals surface area contributed by atoms with Crippen molar-refractivity contribution < 1.29 is 19.1 Å². The number of hydrogen-bond donors (Lipinski definition) is 2. The molecule has 0 radical (unpaired) electrons. The van der Waals surface area contributed by atoms with Crippen LogP contribution in [0.15, 0.2) is 48.5 Å². The smallest absolute Gasteiger partial charge is 0.306 e. The Morgan fingerprint density at radius 3 is 2.18 bits per heavy atom. The molecule has 2 amide bonds. The SMILES string of the molecule is Cc1cccc(C)c1NC(=O)CCC(=O)OCC(=O)N[C@@H](C)c1ccccc1. The zero-order valence-corrected chi connectivity index (χ0v) is 16.5. The van der Waals surface area contributed by atoms with Gasteiger partial charge in [0.25, 0.3) is 5.91 Å². The standard InChI is InChI=1S/C22H26N2O4/c1-15-8-7-9-16(2)22(15)24-19(25)12-13-21(27)28-14-20(26)23-17(3)18-10-5-4-6-11-18/h4-11,17H,12-14H2,1-3H3,(H,23,26)(H,24,25)/t17-/m0/s1. The van der Waals surface area contributed by atoms with Gasteiger partial charge in [-0.1, -0.05) is 48.5 Å². The van der Waals surface area contributed by atoms with Crippen molar-refractivity contribution in [2.24, 2.45) is 0 Å². The first-order valence-corrected chi connectivity index (χ1v) is 9.23. The van der Waals surface area contributed by atoms with Crippen LogP contribution in [0.1, 0.15) is 42.5 Å². The highest BCUT2D eigenvalue weighted by Crippen LogP contribution is 2.19. The number of amides is 2. The summed E-state index contributed by atoms with van der Waals surface area (Å²) in [5.41, 5.74) is 3.64. The Hall–Kier alpha value is -3.15. The minimum Gasteiger partial charge on any atom is -0.456 e.